The van der Waals surface area contributed by atoms with Crippen LogP contribution in [0, 0.1) is 20.8 Å². The molecule has 2 aromatic heterocycles. The van der Waals surface area contributed by atoms with Crippen molar-refractivity contribution in [3.05, 3.63) is 29.0 Å². The predicted molar refractivity (Wildman–Crippen MR) is 61.2 cm³/mol. The lowest BCUT2D eigenvalue weighted by atomic mass is 10.2. The van der Waals surface area contributed by atoms with Crippen molar-refractivity contribution >= 4 is 5.95 Å². The molecule has 0 atom stereocenters. The minimum Gasteiger partial charge on any atom is -0.466 e. The van der Waals surface area contributed by atoms with E-state index in [0.29, 0.717) is 6.54 Å². The Kier molecular flexibility index (Phi) is 2.68. The highest BCUT2D eigenvalue weighted by Crippen LogP contribution is 2.15. The SMILES string of the molecule is Cc1nc(NCc2cc(C)oc2C)n(C)n1. The van der Waals surface area contributed by atoms with E-state index in [1.54, 1.807) is 4.68 Å². The van der Waals surface area contributed by atoms with Crippen molar-refractivity contribution in [2.45, 2.75) is 27.3 Å². The van der Waals surface area contributed by atoms with Gasteiger partial charge in [0.25, 0.3) is 0 Å². The Morgan fingerprint density at radius 2 is 2.12 bits per heavy atom. The molecule has 0 unspecified atom stereocenters. The summed E-state index contributed by atoms with van der Waals surface area (Å²) in [5.74, 6) is 3.42. The van der Waals surface area contributed by atoms with Crippen LogP contribution in [0.2, 0.25) is 0 Å². The van der Waals surface area contributed by atoms with Crippen LogP contribution in [0.4, 0.5) is 5.95 Å². The molecule has 16 heavy (non-hydrogen) atoms. The number of furan rings is 1. The molecule has 2 aromatic rings. The van der Waals surface area contributed by atoms with Gasteiger partial charge in [-0.15, -0.1) is 0 Å². The van der Waals surface area contributed by atoms with Gasteiger partial charge in [0, 0.05) is 19.2 Å². The van der Waals surface area contributed by atoms with Crippen LogP contribution in [0.15, 0.2) is 10.5 Å². The van der Waals surface area contributed by atoms with Crippen LogP contribution in [-0.4, -0.2) is 14.8 Å². The molecule has 2 rings (SSSR count). The fourth-order valence-electron chi connectivity index (χ4n) is 1.70. The van der Waals surface area contributed by atoms with Gasteiger partial charge in [-0.1, -0.05) is 0 Å². The molecule has 0 saturated heterocycles. The number of nitrogens with zero attached hydrogens (tertiary/aromatic N) is 3. The highest BCUT2D eigenvalue weighted by atomic mass is 16.3. The monoisotopic (exact) mass is 220 g/mol. The first-order valence-electron chi connectivity index (χ1n) is 5.23. The lowest BCUT2D eigenvalue weighted by Crippen LogP contribution is -2.05. The van der Waals surface area contributed by atoms with Gasteiger partial charge < -0.3 is 9.73 Å². The van der Waals surface area contributed by atoms with Crippen molar-refractivity contribution in [1.82, 2.24) is 14.8 Å². The molecular weight excluding hydrogens is 204 g/mol. The smallest absolute Gasteiger partial charge is 0.221 e. The van der Waals surface area contributed by atoms with Crippen molar-refractivity contribution < 1.29 is 4.42 Å². The average molecular weight is 220 g/mol. The number of hydrogen-bond acceptors (Lipinski definition) is 4. The van der Waals surface area contributed by atoms with Gasteiger partial charge in [-0.3, -0.25) is 0 Å². The first kappa shape index (κ1) is 10.7. The number of nitrogens with one attached hydrogen (secondary N) is 1. The van der Waals surface area contributed by atoms with Gasteiger partial charge >= 0.3 is 0 Å². The first-order chi connectivity index (χ1) is 7.56. The predicted octanol–water partition coefficient (Wildman–Crippen LogP) is 1.95. The second-order valence-corrected chi connectivity index (χ2v) is 3.90. The van der Waals surface area contributed by atoms with Gasteiger partial charge in [0.2, 0.25) is 5.95 Å². The standard InChI is InChI=1S/C11H16N4O/c1-7-5-10(8(2)16-7)6-12-11-13-9(3)14-15(11)4/h5H,6H2,1-4H3,(H,12,13,14). The van der Waals surface area contributed by atoms with E-state index in [0.717, 1.165) is 28.9 Å². The van der Waals surface area contributed by atoms with Crippen LogP contribution in [0.25, 0.3) is 0 Å². The quantitative estimate of drug-likeness (QED) is 0.858. The van der Waals surface area contributed by atoms with Crippen LogP contribution in [0.3, 0.4) is 0 Å². The van der Waals surface area contributed by atoms with E-state index >= 15 is 0 Å². The number of aromatic nitrogens is 3. The van der Waals surface area contributed by atoms with Gasteiger partial charge in [0.05, 0.1) is 0 Å². The molecule has 0 bridgehead atoms. The zero-order valence-electron chi connectivity index (χ0n) is 10.0. The summed E-state index contributed by atoms with van der Waals surface area (Å²) in [5.41, 5.74) is 1.15. The van der Waals surface area contributed by atoms with Crippen LogP contribution in [0.5, 0.6) is 0 Å². The maximum atomic E-state index is 5.46. The highest BCUT2D eigenvalue weighted by molar-refractivity contribution is 5.29. The summed E-state index contributed by atoms with van der Waals surface area (Å²) in [6, 6.07) is 2.03. The molecule has 0 aliphatic rings. The Hall–Kier alpha value is -1.78. The summed E-state index contributed by atoms with van der Waals surface area (Å²) >= 11 is 0. The molecule has 0 spiro atoms. The van der Waals surface area contributed by atoms with Crippen molar-refractivity contribution in [3.8, 4) is 0 Å². The zero-order valence-corrected chi connectivity index (χ0v) is 10.0. The molecule has 0 aromatic carbocycles. The zero-order chi connectivity index (χ0) is 11.7. The summed E-state index contributed by atoms with van der Waals surface area (Å²) in [4.78, 5) is 4.27. The third kappa shape index (κ3) is 2.08. The van der Waals surface area contributed by atoms with Crippen molar-refractivity contribution in [2.24, 2.45) is 7.05 Å². The third-order valence-electron chi connectivity index (χ3n) is 2.45. The lowest BCUT2D eigenvalue weighted by Gasteiger charge is -2.03. The fraction of sp³-hybridized carbons (Fsp3) is 0.455. The van der Waals surface area contributed by atoms with Crippen molar-refractivity contribution in [3.63, 3.8) is 0 Å². The molecule has 0 amide bonds. The normalized spacial score (nSPS) is 10.8. The van der Waals surface area contributed by atoms with Crippen LogP contribution in [-0.2, 0) is 13.6 Å². The largest absolute Gasteiger partial charge is 0.466 e. The fourth-order valence-corrected chi connectivity index (χ4v) is 1.70. The maximum Gasteiger partial charge on any atom is 0.221 e. The van der Waals surface area contributed by atoms with Crippen LogP contribution < -0.4 is 5.32 Å². The van der Waals surface area contributed by atoms with E-state index in [9.17, 15) is 0 Å². The Labute approximate surface area is 94.5 Å². The first-order valence-corrected chi connectivity index (χ1v) is 5.23. The number of hydrogen-bond donors (Lipinski definition) is 1. The number of anilines is 1. The van der Waals surface area contributed by atoms with Gasteiger partial charge in [-0.2, -0.15) is 10.1 Å². The molecule has 0 radical (unpaired) electrons. The Morgan fingerprint density at radius 3 is 2.62 bits per heavy atom. The molecule has 0 aliphatic heterocycles. The van der Waals surface area contributed by atoms with Gasteiger partial charge in [-0.05, 0) is 26.8 Å². The molecule has 1 N–H and O–H groups in total. The summed E-state index contributed by atoms with van der Waals surface area (Å²) in [7, 11) is 1.87. The maximum absolute atomic E-state index is 5.46. The van der Waals surface area contributed by atoms with E-state index in [-0.39, 0.29) is 0 Å². The van der Waals surface area contributed by atoms with Gasteiger partial charge in [0.15, 0.2) is 0 Å². The second kappa shape index (κ2) is 4.00. The van der Waals surface area contributed by atoms with E-state index in [4.69, 9.17) is 4.42 Å². The summed E-state index contributed by atoms with van der Waals surface area (Å²) in [5, 5.41) is 7.40. The third-order valence-corrected chi connectivity index (χ3v) is 2.45. The second-order valence-electron chi connectivity index (χ2n) is 3.90. The minimum absolute atomic E-state index is 0.704. The Morgan fingerprint density at radius 1 is 1.38 bits per heavy atom. The highest BCUT2D eigenvalue weighted by Gasteiger charge is 2.07. The summed E-state index contributed by atoms with van der Waals surface area (Å²) < 4.78 is 7.19. The van der Waals surface area contributed by atoms with Crippen LogP contribution in [0.1, 0.15) is 22.9 Å². The van der Waals surface area contributed by atoms with E-state index in [1.807, 2.05) is 33.9 Å². The molecule has 2 heterocycles. The number of rotatable bonds is 3. The van der Waals surface area contributed by atoms with Crippen LogP contribution >= 0.6 is 0 Å². The average Bonchev–Trinajstić information content (AvgIpc) is 2.66. The van der Waals surface area contributed by atoms with E-state index in [2.05, 4.69) is 15.4 Å². The summed E-state index contributed by atoms with van der Waals surface area (Å²) in [6.45, 7) is 6.49. The number of aryl methyl sites for hydroxylation is 4. The van der Waals surface area contributed by atoms with Crippen molar-refractivity contribution in [2.75, 3.05) is 5.32 Å². The summed E-state index contributed by atoms with van der Waals surface area (Å²) in [6.07, 6.45) is 0. The van der Waals surface area contributed by atoms with E-state index < -0.39 is 0 Å². The van der Waals surface area contributed by atoms with E-state index in [1.165, 1.54) is 0 Å². The minimum atomic E-state index is 0.704. The molecule has 86 valence electrons. The Balaban J connectivity index is 2.07. The topological polar surface area (TPSA) is 55.9 Å². The molecule has 0 saturated carbocycles. The van der Waals surface area contributed by atoms with Crippen molar-refractivity contribution in [1.29, 1.82) is 0 Å². The molecule has 0 fully saturated rings. The van der Waals surface area contributed by atoms with Gasteiger partial charge in [-0.25, -0.2) is 4.68 Å². The molecule has 0 aliphatic carbocycles. The van der Waals surface area contributed by atoms with Gasteiger partial charge in [0.1, 0.15) is 17.3 Å². The lowest BCUT2D eigenvalue weighted by molar-refractivity contribution is 0.501. The molecular formula is C11H16N4O. The Bertz CT molecular complexity index is 452. The molecule has 5 nitrogen and oxygen atoms in total. The molecule has 5 heteroatoms.